The molecule has 0 aromatic rings. The van der Waals surface area contributed by atoms with Crippen LogP contribution in [0.2, 0.25) is 0 Å². The first-order valence-corrected chi connectivity index (χ1v) is 6.68. The minimum atomic E-state index is -1.04. The van der Waals surface area contributed by atoms with Crippen LogP contribution in [0, 0.1) is 5.92 Å². The van der Waals surface area contributed by atoms with Gasteiger partial charge in [-0.1, -0.05) is 0 Å². The van der Waals surface area contributed by atoms with Gasteiger partial charge in [-0.3, -0.25) is 0 Å². The molecule has 1 aliphatic heterocycles. The molecule has 1 fully saturated rings. The van der Waals surface area contributed by atoms with Gasteiger partial charge in [0, 0.05) is 22.0 Å². The maximum absolute atomic E-state index is 9.84. The fourth-order valence-electron chi connectivity index (χ4n) is 1.41. The predicted molar refractivity (Wildman–Crippen MR) is 58.4 cm³/mol. The van der Waals surface area contributed by atoms with Crippen molar-refractivity contribution in [1.82, 2.24) is 0 Å². The van der Waals surface area contributed by atoms with E-state index in [0.717, 1.165) is 10.8 Å². The van der Waals surface area contributed by atoms with Gasteiger partial charge in [-0.15, -0.1) is 23.5 Å². The molecule has 6 heteroatoms. The van der Waals surface area contributed by atoms with Crippen LogP contribution in [0.3, 0.4) is 0 Å². The molecular formula is C8H16O4S2. The monoisotopic (exact) mass is 240 g/mol. The minimum absolute atomic E-state index is 0.0540. The second kappa shape index (κ2) is 6.19. The highest BCUT2D eigenvalue weighted by atomic mass is 32.2. The molecule has 0 amide bonds. The van der Waals surface area contributed by atoms with E-state index in [4.69, 9.17) is 10.2 Å². The number of hydrogen-bond donors (Lipinski definition) is 4. The Morgan fingerprint density at radius 2 is 1.93 bits per heavy atom. The van der Waals surface area contributed by atoms with Crippen molar-refractivity contribution >= 4 is 23.5 Å². The van der Waals surface area contributed by atoms with Gasteiger partial charge in [0.15, 0.2) is 0 Å². The van der Waals surface area contributed by atoms with E-state index < -0.39 is 24.7 Å². The van der Waals surface area contributed by atoms with Crippen LogP contribution in [0.25, 0.3) is 0 Å². The molecule has 0 saturated carbocycles. The molecule has 0 radical (unpaired) electrons. The van der Waals surface area contributed by atoms with Gasteiger partial charge in [0.1, 0.15) is 0 Å². The first kappa shape index (κ1) is 12.6. The zero-order valence-corrected chi connectivity index (χ0v) is 9.38. The van der Waals surface area contributed by atoms with E-state index in [1.54, 1.807) is 23.5 Å². The second-order valence-corrected chi connectivity index (χ2v) is 5.90. The highest BCUT2D eigenvalue weighted by molar-refractivity contribution is 8.19. The van der Waals surface area contributed by atoms with Crippen molar-refractivity contribution < 1.29 is 20.4 Å². The molecule has 4 atom stereocenters. The van der Waals surface area contributed by atoms with Crippen LogP contribution in [0.15, 0.2) is 0 Å². The van der Waals surface area contributed by atoms with Crippen LogP contribution in [0.4, 0.5) is 0 Å². The largest absolute Gasteiger partial charge is 0.396 e. The van der Waals surface area contributed by atoms with Gasteiger partial charge in [0.2, 0.25) is 0 Å². The molecule has 0 aromatic heterocycles. The van der Waals surface area contributed by atoms with Gasteiger partial charge in [-0.2, -0.15) is 0 Å². The predicted octanol–water partition coefficient (Wildman–Crippen LogP) is -0.885. The first-order valence-electron chi connectivity index (χ1n) is 4.48. The van der Waals surface area contributed by atoms with E-state index in [1.165, 1.54) is 0 Å². The fourth-order valence-corrected chi connectivity index (χ4v) is 4.38. The fraction of sp³-hybridized carbons (Fsp3) is 1.00. The van der Waals surface area contributed by atoms with E-state index in [1.807, 2.05) is 0 Å². The Labute approximate surface area is 91.7 Å². The molecule has 14 heavy (non-hydrogen) atoms. The van der Waals surface area contributed by atoms with E-state index in [2.05, 4.69) is 0 Å². The molecule has 1 saturated heterocycles. The van der Waals surface area contributed by atoms with E-state index in [9.17, 15) is 10.2 Å². The van der Waals surface area contributed by atoms with Crippen molar-refractivity contribution in [2.75, 3.05) is 24.1 Å². The third kappa shape index (κ3) is 3.01. The normalized spacial score (nSPS) is 28.7. The lowest BCUT2D eigenvalue weighted by Gasteiger charge is -2.27. The highest BCUT2D eigenvalue weighted by Gasteiger charge is 2.34. The summed E-state index contributed by atoms with van der Waals surface area (Å²) in [6.07, 6.45) is -1.79. The average Bonchev–Trinajstić information content (AvgIpc) is 2.71. The lowest BCUT2D eigenvalue weighted by molar-refractivity contribution is -0.0375. The van der Waals surface area contributed by atoms with Gasteiger partial charge in [-0.25, -0.2) is 0 Å². The molecule has 4 unspecified atom stereocenters. The highest BCUT2D eigenvalue weighted by Crippen LogP contribution is 2.34. The summed E-state index contributed by atoms with van der Waals surface area (Å²) in [7, 11) is 0. The Kier molecular flexibility index (Phi) is 5.58. The SMILES string of the molecule is OCC(O)C(CO)C(O)C1CSCS1. The lowest BCUT2D eigenvalue weighted by Crippen LogP contribution is -2.42. The van der Waals surface area contributed by atoms with Crippen LogP contribution in [0.5, 0.6) is 0 Å². The Bertz CT molecular complexity index is 163. The van der Waals surface area contributed by atoms with Crippen molar-refractivity contribution in [1.29, 1.82) is 0 Å². The number of thioether (sulfide) groups is 2. The lowest BCUT2D eigenvalue weighted by atomic mass is 9.95. The average molecular weight is 240 g/mol. The Balaban J connectivity index is 2.49. The number of aliphatic hydroxyl groups excluding tert-OH is 4. The molecule has 0 aromatic carbocycles. The smallest absolute Gasteiger partial charge is 0.0846 e. The van der Waals surface area contributed by atoms with Gasteiger partial charge in [-0.05, 0) is 0 Å². The summed E-state index contributed by atoms with van der Waals surface area (Å²) in [5.74, 6) is 0.191. The molecular weight excluding hydrogens is 224 g/mol. The van der Waals surface area contributed by atoms with Crippen molar-refractivity contribution in [2.45, 2.75) is 17.5 Å². The third-order valence-corrected chi connectivity index (χ3v) is 5.25. The number of rotatable bonds is 5. The van der Waals surface area contributed by atoms with Gasteiger partial charge in [0.25, 0.3) is 0 Å². The van der Waals surface area contributed by atoms with Crippen LogP contribution < -0.4 is 0 Å². The Hall–Kier alpha value is 0.540. The summed E-state index contributed by atoms with van der Waals surface area (Å²) in [6, 6.07) is 0. The molecule has 1 heterocycles. The van der Waals surface area contributed by atoms with Crippen molar-refractivity contribution in [3.05, 3.63) is 0 Å². The number of aliphatic hydroxyl groups is 4. The van der Waals surface area contributed by atoms with Crippen molar-refractivity contribution in [2.24, 2.45) is 5.92 Å². The zero-order chi connectivity index (χ0) is 10.6. The molecule has 1 rings (SSSR count). The number of hydrogen-bond acceptors (Lipinski definition) is 6. The molecule has 0 bridgehead atoms. The maximum atomic E-state index is 9.84. The summed E-state index contributed by atoms with van der Waals surface area (Å²) in [5, 5.41) is 38.0. The van der Waals surface area contributed by atoms with Crippen LogP contribution in [-0.4, -0.2) is 61.9 Å². The summed E-state index contributed by atoms with van der Waals surface area (Å²) < 4.78 is 0. The van der Waals surface area contributed by atoms with E-state index in [0.29, 0.717) is 0 Å². The summed E-state index contributed by atoms with van der Waals surface area (Å²) in [6.45, 7) is -0.725. The zero-order valence-electron chi connectivity index (χ0n) is 7.74. The van der Waals surface area contributed by atoms with Crippen LogP contribution in [-0.2, 0) is 0 Å². The third-order valence-electron chi connectivity index (χ3n) is 2.36. The van der Waals surface area contributed by atoms with E-state index >= 15 is 0 Å². The summed E-state index contributed by atoms with van der Waals surface area (Å²) in [4.78, 5) is 0. The minimum Gasteiger partial charge on any atom is -0.396 e. The van der Waals surface area contributed by atoms with Crippen LogP contribution in [0.1, 0.15) is 0 Å². The second-order valence-electron chi connectivity index (χ2n) is 3.28. The van der Waals surface area contributed by atoms with Crippen molar-refractivity contribution in [3.8, 4) is 0 Å². The molecule has 4 N–H and O–H groups in total. The van der Waals surface area contributed by atoms with Gasteiger partial charge >= 0.3 is 0 Å². The van der Waals surface area contributed by atoms with Crippen molar-refractivity contribution in [3.63, 3.8) is 0 Å². The maximum Gasteiger partial charge on any atom is 0.0846 e. The molecule has 1 aliphatic rings. The summed E-state index contributed by atoms with van der Waals surface area (Å²) in [5.41, 5.74) is 0. The molecule has 0 spiro atoms. The molecule has 4 nitrogen and oxygen atoms in total. The van der Waals surface area contributed by atoms with Crippen LogP contribution >= 0.6 is 23.5 Å². The topological polar surface area (TPSA) is 80.9 Å². The van der Waals surface area contributed by atoms with Gasteiger partial charge in [0.05, 0.1) is 25.4 Å². The Morgan fingerprint density at radius 1 is 1.21 bits per heavy atom. The van der Waals surface area contributed by atoms with Gasteiger partial charge < -0.3 is 20.4 Å². The standard InChI is InChI=1S/C8H16O4S2/c9-1-5(6(11)2-10)8(12)7-3-13-4-14-7/h5-12H,1-4H2. The van der Waals surface area contributed by atoms with E-state index in [-0.39, 0.29) is 11.9 Å². The molecule has 0 aliphatic carbocycles. The quantitative estimate of drug-likeness (QED) is 0.499. The first-order chi connectivity index (χ1) is 6.70. The molecule has 84 valence electrons. The summed E-state index contributed by atoms with van der Waals surface area (Å²) >= 11 is 3.37. The Morgan fingerprint density at radius 3 is 2.36 bits per heavy atom.